The molecule has 0 saturated heterocycles. The third-order valence-corrected chi connectivity index (χ3v) is 3.20. The Hall–Kier alpha value is -2.30. The second-order valence-electron chi connectivity index (χ2n) is 6.45. The van der Waals surface area contributed by atoms with Crippen LogP contribution in [0.2, 0.25) is 0 Å². The Bertz CT molecular complexity index is 547. The molecule has 0 saturated carbocycles. The van der Waals surface area contributed by atoms with Gasteiger partial charge in [-0.2, -0.15) is 0 Å². The lowest BCUT2D eigenvalue weighted by Crippen LogP contribution is -2.31. The van der Waals surface area contributed by atoms with E-state index in [1.54, 1.807) is 12.1 Å². The fraction of sp³-hybridized carbons (Fsp3) is 0.444. The topological polar surface area (TPSA) is 77.8 Å². The SMILES string of the molecule is CC(C)CN(CC(C)C)c1ccc(C=C(C(=O)O)C(=O)O)cc1. The van der Waals surface area contributed by atoms with Crippen molar-refractivity contribution in [2.45, 2.75) is 27.7 Å². The maximum absolute atomic E-state index is 10.9. The van der Waals surface area contributed by atoms with Gasteiger partial charge < -0.3 is 15.1 Å². The molecule has 126 valence electrons. The van der Waals surface area contributed by atoms with E-state index < -0.39 is 17.5 Å². The highest BCUT2D eigenvalue weighted by Crippen LogP contribution is 2.20. The molecule has 0 aliphatic heterocycles. The number of carbonyl (C=O) groups is 2. The van der Waals surface area contributed by atoms with Crippen LogP contribution in [-0.2, 0) is 9.59 Å². The molecule has 23 heavy (non-hydrogen) atoms. The zero-order valence-electron chi connectivity index (χ0n) is 14.1. The number of carboxylic acids is 2. The van der Waals surface area contributed by atoms with E-state index in [0.717, 1.165) is 18.8 Å². The van der Waals surface area contributed by atoms with Crippen LogP contribution in [0.5, 0.6) is 0 Å². The number of hydrogen-bond donors (Lipinski definition) is 2. The Labute approximate surface area is 137 Å². The summed E-state index contributed by atoms with van der Waals surface area (Å²) in [6.07, 6.45) is 1.17. The minimum Gasteiger partial charge on any atom is -0.477 e. The molecular formula is C18H25NO4. The number of nitrogens with zero attached hydrogens (tertiary/aromatic N) is 1. The van der Waals surface area contributed by atoms with Gasteiger partial charge in [-0.25, -0.2) is 9.59 Å². The van der Waals surface area contributed by atoms with Gasteiger partial charge in [0.05, 0.1) is 0 Å². The number of rotatable bonds is 8. The Morgan fingerprint density at radius 2 is 1.39 bits per heavy atom. The van der Waals surface area contributed by atoms with Crippen LogP contribution < -0.4 is 4.90 Å². The van der Waals surface area contributed by atoms with Crippen molar-refractivity contribution < 1.29 is 19.8 Å². The van der Waals surface area contributed by atoms with Gasteiger partial charge in [0.1, 0.15) is 5.57 Å². The number of hydrogen-bond acceptors (Lipinski definition) is 3. The summed E-state index contributed by atoms with van der Waals surface area (Å²) in [7, 11) is 0. The van der Waals surface area contributed by atoms with Gasteiger partial charge in [0, 0.05) is 18.8 Å². The zero-order valence-corrected chi connectivity index (χ0v) is 14.1. The Kier molecular flexibility index (Phi) is 6.82. The van der Waals surface area contributed by atoms with E-state index in [9.17, 15) is 9.59 Å². The second kappa shape index (κ2) is 8.36. The lowest BCUT2D eigenvalue weighted by atomic mass is 10.1. The number of aliphatic carboxylic acids is 2. The highest BCUT2D eigenvalue weighted by atomic mass is 16.4. The summed E-state index contributed by atoms with van der Waals surface area (Å²) in [6.45, 7) is 10.5. The molecule has 0 aliphatic rings. The van der Waals surface area contributed by atoms with Crippen molar-refractivity contribution in [2.24, 2.45) is 11.8 Å². The Balaban J connectivity index is 3.03. The van der Waals surface area contributed by atoms with Gasteiger partial charge >= 0.3 is 11.9 Å². The molecule has 5 heteroatoms. The van der Waals surface area contributed by atoms with Crippen LogP contribution in [0.15, 0.2) is 29.8 Å². The van der Waals surface area contributed by atoms with Crippen LogP contribution in [0, 0.1) is 11.8 Å². The predicted molar refractivity (Wildman–Crippen MR) is 91.6 cm³/mol. The van der Waals surface area contributed by atoms with Gasteiger partial charge in [-0.05, 0) is 35.6 Å². The maximum Gasteiger partial charge on any atom is 0.343 e. The van der Waals surface area contributed by atoms with Crippen molar-refractivity contribution in [1.82, 2.24) is 0 Å². The molecule has 0 spiro atoms. The molecule has 1 aromatic rings. The average molecular weight is 319 g/mol. The third-order valence-electron chi connectivity index (χ3n) is 3.20. The lowest BCUT2D eigenvalue weighted by molar-refractivity contribution is -0.140. The van der Waals surface area contributed by atoms with E-state index in [-0.39, 0.29) is 0 Å². The van der Waals surface area contributed by atoms with E-state index in [1.165, 1.54) is 6.08 Å². The van der Waals surface area contributed by atoms with Crippen LogP contribution in [0.3, 0.4) is 0 Å². The highest BCUT2D eigenvalue weighted by molar-refractivity contribution is 6.16. The van der Waals surface area contributed by atoms with Crippen molar-refractivity contribution >= 4 is 23.7 Å². The molecule has 0 fully saturated rings. The van der Waals surface area contributed by atoms with E-state index in [0.29, 0.717) is 17.4 Å². The van der Waals surface area contributed by atoms with Gasteiger partial charge in [-0.3, -0.25) is 0 Å². The molecule has 0 heterocycles. The molecule has 0 aromatic heterocycles. The summed E-state index contributed by atoms with van der Waals surface area (Å²) in [6, 6.07) is 7.29. The monoisotopic (exact) mass is 319 g/mol. The fourth-order valence-corrected chi connectivity index (χ4v) is 2.33. The van der Waals surface area contributed by atoms with Crippen LogP contribution >= 0.6 is 0 Å². The summed E-state index contributed by atoms with van der Waals surface area (Å²) in [4.78, 5) is 24.1. The smallest absolute Gasteiger partial charge is 0.343 e. The van der Waals surface area contributed by atoms with E-state index in [4.69, 9.17) is 10.2 Å². The van der Waals surface area contributed by atoms with Crippen molar-refractivity contribution in [3.05, 3.63) is 35.4 Å². The zero-order chi connectivity index (χ0) is 17.6. The van der Waals surface area contributed by atoms with Crippen molar-refractivity contribution in [1.29, 1.82) is 0 Å². The molecule has 0 radical (unpaired) electrons. The number of benzene rings is 1. The number of carboxylic acid groups (broad SMARTS) is 2. The molecule has 1 rings (SSSR count). The largest absolute Gasteiger partial charge is 0.477 e. The van der Waals surface area contributed by atoms with E-state index >= 15 is 0 Å². The minimum absolute atomic E-state index is 0.527. The summed E-state index contributed by atoms with van der Waals surface area (Å²) in [5, 5.41) is 17.8. The lowest BCUT2D eigenvalue weighted by Gasteiger charge is -2.28. The van der Waals surface area contributed by atoms with Crippen molar-refractivity contribution in [3.8, 4) is 0 Å². The first-order valence-corrected chi connectivity index (χ1v) is 7.74. The van der Waals surface area contributed by atoms with Crippen molar-refractivity contribution in [2.75, 3.05) is 18.0 Å². The summed E-state index contributed by atoms with van der Waals surface area (Å²) >= 11 is 0. The molecule has 0 aliphatic carbocycles. The van der Waals surface area contributed by atoms with E-state index in [2.05, 4.69) is 32.6 Å². The molecule has 0 amide bonds. The van der Waals surface area contributed by atoms with Crippen LogP contribution in [-0.4, -0.2) is 35.2 Å². The van der Waals surface area contributed by atoms with Gasteiger partial charge in [0.2, 0.25) is 0 Å². The maximum atomic E-state index is 10.9. The summed E-state index contributed by atoms with van der Waals surface area (Å²) in [5.41, 5.74) is 0.971. The quantitative estimate of drug-likeness (QED) is 0.436. The van der Waals surface area contributed by atoms with Crippen LogP contribution in [0.1, 0.15) is 33.3 Å². The Morgan fingerprint density at radius 1 is 0.957 bits per heavy atom. The van der Waals surface area contributed by atoms with Gasteiger partial charge in [0.25, 0.3) is 0 Å². The molecule has 0 unspecified atom stereocenters. The fourth-order valence-electron chi connectivity index (χ4n) is 2.33. The third kappa shape index (κ3) is 6.14. The first kappa shape index (κ1) is 18.7. The van der Waals surface area contributed by atoms with Crippen LogP contribution in [0.25, 0.3) is 6.08 Å². The molecule has 5 nitrogen and oxygen atoms in total. The molecule has 1 aromatic carbocycles. The average Bonchev–Trinajstić information content (AvgIpc) is 2.43. The predicted octanol–water partition coefficient (Wildman–Crippen LogP) is 3.36. The first-order chi connectivity index (χ1) is 10.7. The first-order valence-electron chi connectivity index (χ1n) is 7.74. The van der Waals surface area contributed by atoms with Gasteiger partial charge in [0.15, 0.2) is 0 Å². The van der Waals surface area contributed by atoms with Gasteiger partial charge in [-0.1, -0.05) is 39.8 Å². The standard InChI is InChI=1S/C18H25NO4/c1-12(2)10-19(11-13(3)4)15-7-5-14(6-8-15)9-16(17(20)21)18(22)23/h5-9,12-13H,10-11H2,1-4H3,(H,20,21)(H,22,23). The summed E-state index contributed by atoms with van der Waals surface area (Å²) < 4.78 is 0. The van der Waals surface area contributed by atoms with Crippen molar-refractivity contribution in [3.63, 3.8) is 0 Å². The Morgan fingerprint density at radius 3 is 1.74 bits per heavy atom. The number of anilines is 1. The van der Waals surface area contributed by atoms with Gasteiger partial charge in [-0.15, -0.1) is 0 Å². The minimum atomic E-state index is -1.44. The second-order valence-corrected chi connectivity index (χ2v) is 6.45. The molecule has 0 atom stereocenters. The summed E-state index contributed by atoms with van der Waals surface area (Å²) in [5.74, 6) is -1.83. The normalized spacial score (nSPS) is 10.7. The van der Waals surface area contributed by atoms with Crippen LogP contribution in [0.4, 0.5) is 5.69 Å². The molecule has 0 bridgehead atoms. The molecule has 2 N–H and O–H groups in total. The van der Waals surface area contributed by atoms with E-state index in [1.807, 2.05) is 12.1 Å². The highest BCUT2D eigenvalue weighted by Gasteiger charge is 2.16. The molecular weight excluding hydrogens is 294 g/mol.